The number of carbonyl (C=O) groups excluding carboxylic acids is 2. The van der Waals surface area contributed by atoms with Crippen LogP contribution < -0.4 is 16.0 Å². The van der Waals surface area contributed by atoms with Crippen LogP contribution in [0, 0.1) is 13.8 Å². The Hall–Kier alpha value is -4.46. The molecule has 0 radical (unpaired) electrons. The first kappa shape index (κ1) is 22.7. The van der Waals surface area contributed by atoms with Gasteiger partial charge < -0.3 is 16.0 Å². The average Bonchev–Trinajstić information content (AvgIpc) is 3.25. The Morgan fingerprint density at radius 3 is 2.38 bits per heavy atom. The summed E-state index contributed by atoms with van der Waals surface area (Å²) < 4.78 is 0. The highest BCUT2D eigenvalue weighted by Crippen LogP contribution is 2.28. The van der Waals surface area contributed by atoms with Crippen molar-refractivity contribution in [1.82, 2.24) is 15.0 Å². The van der Waals surface area contributed by atoms with Crippen molar-refractivity contribution in [1.29, 1.82) is 0 Å². The van der Waals surface area contributed by atoms with Gasteiger partial charge in [-0.25, -0.2) is 9.97 Å². The molecule has 2 heterocycles. The molecule has 0 spiro atoms. The number of fused-ring (bicyclic) bond motifs is 1. The molecule has 0 saturated heterocycles. The lowest BCUT2D eigenvalue weighted by Crippen LogP contribution is -2.37. The first-order valence-corrected chi connectivity index (χ1v) is 10.8. The molecule has 1 atom stereocenters. The van der Waals surface area contributed by atoms with Crippen LogP contribution in [0.3, 0.4) is 0 Å². The first-order valence-electron chi connectivity index (χ1n) is 10.8. The third kappa shape index (κ3) is 4.13. The standard InChI is InChI=1S/C26H26N6O2/c1-15-9-8-10-16(2)21(15)26(34)32(19-11-6-5-7-12-19)18(4)17(3)31-25-22-20(23(27)33)13-28-24(22)29-14-30-25/h5-14,17H,4H2,1-3H3,(H2,27,33)(H2,28,29,30,31)/t17-/m0/s1. The number of H-pyrrole nitrogens is 1. The number of aromatic nitrogens is 3. The lowest BCUT2D eigenvalue weighted by molar-refractivity contribution is 0.0988. The molecule has 0 aliphatic carbocycles. The van der Waals surface area contributed by atoms with E-state index in [1.165, 1.54) is 12.5 Å². The molecular weight excluding hydrogens is 428 g/mol. The number of amides is 2. The Kier molecular flexibility index (Phi) is 6.14. The second-order valence-corrected chi connectivity index (χ2v) is 8.11. The van der Waals surface area contributed by atoms with Crippen LogP contribution in [0.15, 0.2) is 73.3 Å². The van der Waals surface area contributed by atoms with Crippen LogP contribution in [-0.4, -0.2) is 32.8 Å². The van der Waals surface area contributed by atoms with Crippen molar-refractivity contribution in [2.75, 3.05) is 10.2 Å². The van der Waals surface area contributed by atoms with Crippen LogP contribution in [0.2, 0.25) is 0 Å². The molecular formula is C26H26N6O2. The minimum Gasteiger partial charge on any atom is -0.366 e. The molecule has 4 aromatic rings. The van der Waals surface area contributed by atoms with Crippen molar-refractivity contribution < 1.29 is 9.59 Å². The molecule has 2 amide bonds. The molecule has 4 N–H and O–H groups in total. The highest BCUT2D eigenvalue weighted by molar-refractivity contribution is 6.11. The van der Waals surface area contributed by atoms with E-state index in [0.717, 1.165) is 11.1 Å². The van der Waals surface area contributed by atoms with E-state index in [1.54, 1.807) is 4.90 Å². The highest BCUT2D eigenvalue weighted by atomic mass is 16.2. The molecule has 2 aromatic heterocycles. The zero-order valence-corrected chi connectivity index (χ0v) is 19.3. The Morgan fingerprint density at radius 2 is 1.74 bits per heavy atom. The highest BCUT2D eigenvalue weighted by Gasteiger charge is 2.27. The average molecular weight is 455 g/mol. The number of nitrogens with two attached hydrogens (primary N) is 1. The van der Waals surface area contributed by atoms with Crippen molar-refractivity contribution in [3.8, 4) is 0 Å². The van der Waals surface area contributed by atoms with Crippen molar-refractivity contribution in [3.63, 3.8) is 0 Å². The molecule has 2 aromatic carbocycles. The number of benzene rings is 2. The fourth-order valence-electron chi connectivity index (χ4n) is 4.00. The maximum absolute atomic E-state index is 13.8. The quantitative estimate of drug-likeness (QED) is 0.384. The minimum atomic E-state index is -0.591. The second-order valence-electron chi connectivity index (χ2n) is 8.11. The smallest absolute Gasteiger partial charge is 0.263 e. The van der Waals surface area contributed by atoms with Crippen LogP contribution in [-0.2, 0) is 0 Å². The summed E-state index contributed by atoms with van der Waals surface area (Å²) in [5, 5.41) is 3.77. The summed E-state index contributed by atoms with van der Waals surface area (Å²) >= 11 is 0. The molecule has 0 bridgehead atoms. The lowest BCUT2D eigenvalue weighted by Gasteiger charge is -2.30. The van der Waals surface area contributed by atoms with E-state index >= 15 is 0 Å². The SMILES string of the molecule is C=C([C@H](C)Nc1ncnc2[nH]cc(C(N)=O)c12)N(C(=O)c1c(C)cccc1C)c1ccccc1. The zero-order valence-electron chi connectivity index (χ0n) is 19.3. The van der Waals surface area contributed by atoms with Crippen LogP contribution >= 0.6 is 0 Å². The summed E-state index contributed by atoms with van der Waals surface area (Å²) in [6.07, 6.45) is 2.89. The van der Waals surface area contributed by atoms with Gasteiger partial charge in [0.2, 0.25) is 0 Å². The predicted octanol–water partition coefficient (Wildman–Crippen LogP) is 4.33. The molecule has 0 saturated carbocycles. The number of nitrogens with one attached hydrogen (secondary N) is 2. The largest absolute Gasteiger partial charge is 0.366 e. The molecule has 0 fully saturated rings. The Labute approximate surface area is 197 Å². The van der Waals surface area contributed by atoms with E-state index in [-0.39, 0.29) is 11.5 Å². The molecule has 0 unspecified atom stereocenters. The number of hydrogen-bond donors (Lipinski definition) is 3. The summed E-state index contributed by atoms with van der Waals surface area (Å²) in [5.41, 5.74) is 9.90. The second kappa shape index (κ2) is 9.19. The van der Waals surface area contributed by atoms with E-state index in [0.29, 0.717) is 33.8 Å². The van der Waals surface area contributed by atoms with Crippen LogP contribution in [0.5, 0.6) is 0 Å². The topological polar surface area (TPSA) is 117 Å². The minimum absolute atomic E-state index is 0.173. The van der Waals surface area contributed by atoms with Gasteiger partial charge in [-0.15, -0.1) is 0 Å². The van der Waals surface area contributed by atoms with Crippen LogP contribution in [0.25, 0.3) is 11.0 Å². The maximum atomic E-state index is 13.8. The monoisotopic (exact) mass is 454 g/mol. The Bertz CT molecular complexity index is 1370. The number of rotatable bonds is 7. The first-order chi connectivity index (χ1) is 16.3. The van der Waals surface area contributed by atoms with Crippen molar-refractivity contribution in [2.24, 2.45) is 5.73 Å². The van der Waals surface area contributed by atoms with Gasteiger partial charge in [-0.3, -0.25) is 14.5 Å². The van der Waals surface area contributed by atoms with Gasteiger partial charge in [0.1, 0.15) is 17.8 Å². The van der Waals surface area contributed by atoms with Gasteiger partial charge in [0.05, 0.1) is 17.0 Å². The van der Waals surface area contributed by atoms with Gasteiger partial charge in [-0.1, -0.05) is 43.0 Å². The summed E-state index contributed by atoms with van der Waals surface area (Å²) in [7, 11) is 0. The van der Waals surface area contributed by atoms with E-state index in [9.17, 15) is 9.59 Å². The van der Waals surface area contributed by atoms with Crippen LogP contribution in [0.1, 0.15) is 38.8 Å². The summed E-state index contributed by atoms with van der Waals surface area (Å²) in [5.74, 6) is -0.347. The van der Waals surface area contributed by atoms with Gasteiger partial charge in [0, 0.05) is 23.1 Å². The van der Waals surface area contributed by atoms with Crippen molar-refractivity contribution >= 4 is 34.4 Å². The van der Waals surface area contributed by atoms with Gasteiger partial charge in [0.15, 0.2) is 0 Å². The van der Waals surface area contributed by atoms with E-state index in [4.69, 9.17) is 5.73 Å². The summed E-state index contributed by atoms with van der Waals surface area (Å²) in [6.45, 7) is 9.97. The zero-order chi connectivity index (χ0) is 24.4. The number of hydrogen-bond acceptors (Lipinski definition) is 5. The Morgan fingerprint density at radius 1 is 1.06 bits per heavy atom. The number of para-hydroxylation sites is 1. The number of primary amides is 1. The fraction of sp³-hybridized carbons (Fsp3) is 0.154. The van der Waals surface area contributed by atoms with E-state index in [2.05, 4.69) is 26.8 Å². The molecule has 8 nitrogen and oxygen atoms in total. The molecule has 34 heavy (non-hydrogen) atoms. The number of aryl methyl sites for hydroxylation is 2. The summed E-state index contributed by atoms with van der Waals surface area (Å²) in [6, 6.07) is 14.7. The number of anilines is 2. The normalized spacial score (nSPS) is 11.7. The number of carbonyl (C=O) groups is 2. The maximum Gasteiger partial charge on any atom is 0.263 e. The summed E-state index contributed by atoms with van der Waals surface area (Å²) in [4.78, 5) is 38.8. The molecule has 0 aliphatic rings. The lowest BCUT2D eigenvalue weighted by atomic mass is 10.0. The van der Waals surface area contributed by atoms with Gasteiger partial charge in [-0.2, -0.15) is 0 Å². The van der Waals surface area contributed by atoms with Gasteiger partial charge in [0.25, 0.3) is 11.8 Å². The Balaban J connectivity index is 1.73. The molecule has 8 heteroatoms. The fourth-order valence-corrected chi connectivity index (χ4v) is 4.00. The van der Waals surface area contributed by atoms with Crippen molar-refractivity contribution in [3.05, 3.63) is 95.6 Å². The molecule has 0 aliphatic heterocycles. The van der Waals surface area contributed by atoms with Gasteiger partial charge in [-0.05, 0) is 44.0 Å². The third-order valence-electron chi connectivity index (χ3n) is 5.79. The number of aromatic amines is 1. The molecule has 4 rings (SSSR count). The third-order valence-corrected chi connectivity index (χ3v) is 5.79. The van der Waals surface area contributed by atoms with Crippen molar-refractivity contribution in [2.45, 2.75) is 26.8 Å². The van der Waals surface area contributed by atoms with Crippen LogP contribution in [0.4, 0.5) is 11.5 Å². The molecule has 172 valence electrons. The predicted molar refractivity (Wildman–Crippen MR) is 134 cm³/mol. The van der Waals surface area contributed by atoms with E-state index < -0.39 is 11.9 Å². The number of nitrogens with zero attached hydrogens (tertiary/aromatic N) is 3. The van der Waals surface area contributed by atoms with E-state index in [1.807, 2.05) is 69.3 Å². The van der Waals surface area contributed by atoms with Gasteiger partial charge >= 0.3 is 0 Å².